The van der Waals surface area contributed by atoms with Crippen LogP contribution in [0.4, 0.5) is 21.0 Å². The Hall–Kier alpha value is -6.94. The summed E-state index contributed by atoms with van der Waals surface area (Å²) in [4.78, 5) is 114. The molecule has 3 aliphatic rings. The Bertz CT molecular complexity index is 3000. The van der Waals surface area contributed by atoms with Gasteiger partial charge in [0.2, 0.25) is 17.7 Å². The average Bonchev–Trinajstić information content (AvgIpc) is 1.58. The molecule has 1 aromatic heterocycles. The van der Waals surface area contributed by atoms with Gasteiger partial charge in [0, 0.05) is 82.3 Å². The van der Waals surface area contributed by atoms with E-state index in [9.17, 15) is 43.5 Å². The molecule has 0 unspecified atom stereocenters. The van der Waals surface area contributed by atoms with Gasteiger partial charge in [0.1, 0.15) is 46.1 Å². The highest BCUT2D eigenvalue weighted by Crippen LogP contribution is 2.50. The molecule has 2 aromatic carbocycles. The van der Waals surface area contributed by atoms with Gasteiger partial charge in [0.15, 0.2) is 5.78 Å². The van der Waals surface area contributed by atoms with Gasteiger partial charge in [-0.25, -0.2) is 9.59 Å². The zero-order valence-electron chi connectivity index (χ0n) is 51.4. The van der Waals surface area contributed by atoms with E-state index in [2.05, 4.69) is 26.3 Å². The van der Waals surface area contributed by atoms with Crippen LogP contribution in [0.1, 0.15) is 137 Å². The summed E-state index contributed by atoms with van der Waals surface area (Å²) >= 11 is 6.89. The molecule has 4 bridgehead atoms. The van der Waals surface area contributed by atoms with Crippen molar-refractivity contribution in [3.63, 3.8) is 0 Å². The molecule has 22 heteroatoms. The Balaban J connectivity index is 1.21. The number of rotatable bonds is 25. The Morgan fingerprint density at radius 2 is 1.72 bits per heavy atom. The lowest BCUT2D eigenvalue weighted by molar-refractivity contribution is -0.187. The number of halogens is 1. The van der Waals surface area contributed by atoms with Crippen molar-refractivity contribution in [2.75, 3.05) is 44.6 Å². The van der Waals surface area contributed by atoms with E-state index >= 15 is 0 Å². The number of ether oxygens (including phenoxy) is 5. The van der Waals surface area contributed by atoms with Crippen molar-refractivity contribution >= 4 is 81.3 Å². The number of anilines is 2. The third-order valence-corrected chi connectivity index (χ3v) is 17.3. The number of aliphatic hydroxyl groups is 1. The standard InChI is InChI=1S/C64H88ClN7O14/c1-11-41(12-2)59(77)68-26-15-13-14-20-43(73)33-45(37(3)4)60(78)70-47(22-18-28-69-61(66)79)49(74)32-42-24-25-46(44-21-17-27-67-57(42)44)71-62(80)85-53-34-54(75)72(8)48-30-40(31-50(82-9)56(48)65)29-38(5)19-16-23-52(83-10)64(81)35-51(84-55(76)36-64)39(6)58-63(53,7)86-58/h16-17,19,21,23-25,27,30-31,37,39,41,45,47,51-53,58,81H,11-15,18,20,22,26,28-29,32-36H2,1-10H3,(H,68,77)(H,70,78)(H,71,80)(H3,66,69,79)/b23-16+,38-19+/t39-,45+,47+,51+,52-,53+,58+,63+,64-/m1/s1. The van der Waals surface area contributed by atoms with Crippen molar-refractivity contribution in [2.45, 2.75) is 180 Å². The first-order chi connectivity index (χ1) is 40.9. The Labute approximate surface area is 509 Å². The number of benzene rings is 2. The third-order valence-electron chi connectivity index (χ3n) is 17.0. The topological polar surface area (TPSA) is 297 Å². The number of hydrogen-bond donors (Lipinski definition) is 6. The molecule has 6 rings (SSSR count). The lowest BCUT2D eigenvalue weighted by Gasteiger charge is -2.41. The minimum Gasteiger partial charge on any atom is -0.495 e. The molecule has 2 fully saturated rings. The molecule has 470 valence electrons. The largest absolute Gasteiger partial charge is 0.495 e. The summed E-state index contributed by atoms with van der Waals surface area (Å²) in [5.41, 5.74) is 5.47. The van der Waals surface area contributed by atoms with Crippen molar-refractivity contribution in [3.8, 4) is 5.75 Å². The van der Waals surface area contributed by atoms with Crippen LogP contribution in [-0.4, -0.2) is 133 Å². The number of hydrogen-bond acceptors (Lipinski definition) is 15. The predicted octanol–water partition coefficient (Wildman–Crippen LogP) is 8.56. The van der Waals surface area contributed by atoms with Crippen LogP contribution in [0.15, 0.2) is 66.4 Å². The van der Waals surface area contributed by atoms with Gasteiger partial charge in [-0.15, -0.1) is 0 Å². The smallest absolute Gasteiger partial charge is 0.412 e. The van der Waals surface area contributed by atoms with Crippen molar-refractivity contribution in [3.05, 3.63) is 82.5 Å². The number of carbonyl (C=O) groups is 8. The van der Waals surface area contributed by atoms with Gasteiger partial charge in [0.05, 0.1) is 49.0 Å². The quantitative estimate of drug-likeness (QED) is 0.0263. The molecule has 6 amide bonds. The predicted molar refractivity (Wildman–Crippen MR) is 327 cm³/mol. The van der Waals surface area contributed by atoms with Crippen molar-refractivity contribution in [1.82, 2.24) is 20.9 Å². The minimum absolute atomic E-state index is 0.00262. The number of carbonyl (C=O) groups excluding carboxylic acids is 8. The Morgan fingerprint density at radius 3 is 2.41 bits per heavy atom. The monoisotopic (exact) mass is 1210 g/mol. The van der Waals surface area contributed by atoms with Crippen molar-refractivity contribution < 1.29 is 67.1 Å². The van der Waals surface area contributed by atoms with Gasteiger partial charge in [-0.3, -0.25) is 39.1 Å². The van der Waals surface area contributed by atoms with E-state index in [-0.39, 0.29) is 91.5 Å². The number of nitrogens with two attached hydrogens (primary N) is 1. The van der Waals surface area contributed by atoms with Gasteiger partial charge < -0.3 is 55.4 Å². The molecule has 0 spiro atoms. The highest BCUT2D eigenvalue weighted by molar-refractivity contribution is 6.35. The molecule has 0 aliphatic carbocycles. The van der Waals surface area contributed by atoms with Gasteiger partial charge in [-0.2, -0.15) is 0 Å². The maximum atomic E-state index is 14.6. The first kappa shape index (κ1) is 68.2. The molecule has 21 nitrogen and oxygen atoms in total. The molecule has 2 saturated heterocycles. The maximum Gasteiger partial charge on any atom is 0.412 e. The molecule has 3 aliphatic heterocycles. The summed E-state index contributed by atoms with van der Waals surface area (Å²) in [6, 6.07) is 8.38. The summed E-state index contributed by atoms with van der Waals surface area (Å²) in [5.74, 6) is -3.21. The first-order valence-corrected chi connectivity index (χ1v) is 30.3. The fourth-order valence-corrected chi connectivity index (χ4v) is 12.0. The number of pyridine rings is 1. The van der Waals surface area contributed by atoms with E-state index < -0.39 is 89.8 Å². The molecule has 7 N–H and O–H groups in total. The fourth-order valence-electron chi connectivity index (χ4n) is 11.6. The summed E-state index contributed by atoms with van der Waals surface area (Å²) in [5, 5.41) is 23.9. The zero-order valence-corrected chi connectivity index (χ0v) is 52.1. The van der Waals surface area contributed by atoms with Crippen LogP contribution < -0.4 is 36.6 Å². The molecule has 3 aromatic rings. The normalized spacial score (nSPS) is 24.1. The number of Topliss-reactive ketones (excluding diaryl/α,β-unsaturated/α-hetero) is 2. The summed E-state index contributed by atoms with van der Waals surface area (Å²) in [7, 11) is 4.48. The first-order valence-electron chi connectivity index (χ1n) is 30.0. The number of ketones is 2. The van der Waals surface area contributed by atoms with Crippen LogP contribution in [0.25, 0.3) is 10.9 Å². The number of esters is 1. The molecular weight excluding hydrogens is 1130 g/mol. The number of amides is 6. The van der Waals surface area contributed by atoms with E-state index in [4.69, 9.17) is 41.0 Å². The number of epoxide rings is 1. The molecular formula is C64H88ClN7O14. The van der Waals surface area contributed by atoms with Crippen LogP contribution in [0.5, 0.6) is 5.75 Å². The van der Waals surface area contributed by atoms with Gasteiger partial charge in [-0.05, 0) is 106 Å². The molecule has 0 saturated carbocycles. The summed E-state index contributed by atoms with van der Waals surface area (Å²) in [6.07, 6.45) is 5.96. The fraction of sp³-hybridized carbons (Fsp3) is 0.578. The van der Waals surface area contributed by atoms with E-state index in [0.29, 0.717) is 47.3 Å². The van der Waals surface area contributed by atoms with E-state index in [0.717, 1.165) is 36.8 Å². The van der Waals surface area contributed by atoms with E-state index in [1.807, 2.05) is 40.7 Å². The SMILES string of the molecule is CCC(CC)C(=O)NCCCCCC(=O)C[C@H](C(=O)N[C@@H](CCCNC(N)=O)C(=O)Cc1ccc(NC(=O)O[C@H]2CC(=O)N(C)c3cc(cc(OC)c3Cl)C/C(C)=C/C=C/[C@@H](OC)[C@]3(O)CC(=O)O[C@@H](C3)[C@@H](C)[C@@H]3O[C@@]23C)c2cccnc12)C(C)C. The van der Waals surface area contributed by atoms with E-state index in [1.54, 1.807) is 69.4 Å². The maximum absolute atomic E-state index is 14.6. The molecule has 86 heavy (non-hydrogen) atoms. The second-order valence-corrected chi connectivity index (χ2v) is 24.0. The number of urea groups is 1. The van der Waals surface area contributed by atoms with Gasteiger partial charge >= 0.3 is 18.1 Å². The Kier molecular flexibility index (Phi) is 24.7. The number of fused-ring (bicyclic) bond motifs is 6. The molecule has 4 heterocycles. The second kappa shape index (κ2) is 31.1. The molecule has 0 radical (unpaired) electrons. The number of methoxy groups -OCH3 is 2. The van der Waals surface area contributed by atoms with Crippen molar-refractivity contribution in [1.29, 1.82) is 0 Å². The average molecular weight is 1210 g/mol. The van der Waals surface area contributed by atoms with Crippen LogP contribution in [0.2, 0.25) is 5.02 Å². The highest BCUT2D eigenvalue weighted by Gasteiger charge is 2.64. The molecule has 9 atom stereocenters. The third kappa shape index (κ3) is 17.8. The minimum atomic E-state index is -1.65. The number of nitrogens with zero attached hydrogens (tertiary/aromatic N) is 2. The number of allylic oxidation sites excluding steroid dienone is 3. The lowest BCUT2D eigenvalue weighted by atomic mass is 9.78. The van der Waals surface area contributed by atoms with Crippen LogP contribution in [0, 0.1) is 23.7 Å². The Morgan fingerprint density at radius 1 is 0.988 bits per heavy atom. The van der Waals surface area contributed by atoms with Crippen LogP contribution in [0.3, 0.4) is 0 Å². The van der Waals surface area contributed by atoms with Crippen LogP contribution >= 0.6 is 11.6 Å². The lowest BCUT2D eigenvalue weighted by Crippen LogP contribution is -2.53. The van der Waals surface area contributed by atoms with Gasteiger partial charge in [0.25, 0.3) is 0 Å². The number of unbranched alkanes of at least 4 members (excludes halogenated alkanes) is 2. The summed E-state index contributed by atoms with van der Waals surface area (Å²) < 4.78 is 29.9. The number of aromatic nitrogens is 1. The second-order valence-electron chi connectivity index (χ2n) is 23.6. The summed E-state index contributed by atoms with van der Waals surface area (Å²) in [6.45, 7) is 13.8. The van der Waals surface area contributed by atoms with Gasteiger partial charge in [-0.1, -0.05) is 82.5 Å². The zero-order chi connectivity index (χ0) is 63.0. The van der Waals surface area contributed by atoms with E-state index in [1.165, 1.54) is 25.3 Å². The van der Waals surface area contributed by atoms with Crippen molar-refractivity contribution in [2.24, 2.45) is 29.4 Å². The highest BCUT2D eigenvalue weighted by atomic mass is 35.5. The number of primary amides is 1. The number of nitrogens with one attached hydrogen (secondary N) is 4. The van der Waals surface area contributed by atoms with Crippen LogP contribution in [-0.2, 0) is 60.6 Å².